The van der Waals surface area contributed by atoms with E-state index in [9.17, 15) is 0 Å². The highest BCUT2D eigenvalue weighted by Gasteiger charge is 2.04. The van der Waals surface area contributed by atoms with Crippen molar-refractivity contribution in [1.29, 1.82) is 0 Å². The van der Waals surface area contributed by atoms with E-state index in [0.29, 0.717) is 12.5 Å². The molecule has 0 aliphatic rings. The average molecular weight is 461 g/mol. The lowest BCUT2D eigenvalue weighted by atomic mass is 10.1. The summed E-state index contributed by atoms with van der Waals surface area (Å²) in [6.07, 6.45) is 14.0. The highest BCUT2D eigenvalue weighted by Crippen LogP contribution is 2.21. The van der Waals surface area contributed by atoms with E-state index in [-0.39, 0.29) is 0 Å². The van der Waals surface area contributed by atoms with Crippen LogP contribution in [0.5, 0.6) is 11.5 Å². The number of hydrogen-bond donors (Lipinski definition) is 0. The Hall–Kier alpha value is -2.88. The van der Waals surface area contributed by atoms with Gasteiger partial charge in [-0.2, -0.15) is 0 Å². The van der Waals surface area contributed by atoms with Crippen LogP contribution in [0.1, 0.15) is 76.8 Å². The molecule has 0 saturated carbocycles. The minimum atomic E-state index is 0.522. The lowest BCUT2D eigenvalue weighted by Crippen LogP contribution is -2.07. The van der Waals surface area contributed by atoms with Crippen LogP contribution in [0.15, 0.2) is 60.9 Å². The van der Waals surface area contributed by atoms with E-state index in [0.717, 1.165) is 47.9 Å². The smallest absolute Gasteiger partial charge is 0.159 e. The van der Waals surface area contributed by atoms with Crippen LogP contribution in [-0.2, 0) is 13.0 Å². The molecule has 1 heterocycles. The van der Waals surface area contributed by atoms with Gasteiger partial charge in [0.15, 0.2) is 5.82 Å². The van der Waals surface area contributed by atoms with Gasteiger partial charge in [0.05, 0.1) is 6.61 Å². The minimum absolute atomic E-state index is 0.522. The normalized spacial score (nSPS) is 11.9. The van der Waals surface area contributed by atoms with E-state index < -0.39 is 0 Å². The van der Waals surface area contributed by atoms with Gasteiger partial charge in [0, 0.05) is 18.0 Å². The SMILES string of the molecule is CCCCCCCCc1cnc(-c2ccc(OCc3ccc(OCC(C)CC)cc3)cc2)nc1. The first-order valence-corrected chi connectivity index (χ1v) is 12.9. The van der Waals surface area contributed by atoms with Crippen LogP contribution in [0.4, 0.5) is 0 Å². The maximum absolute atomic E-state index is 5.96. The molecule has 1 aromatic heterocycles. The van der Waals surface area contributed by atoms with Crippen molar-refractivity contribution in [2.75, 3.05) is 6.61 Å². The summed E-state index contributed by atoms with van der Waals surface area (Å²) in [6.45, 7) is 7.91. The second kappa shape index (κ2) is 14.4. The van der Waals surface area contributed by atoms with Gasteiger partial charge < -0.3 is 9.47 Å². The van der Waals surface area contributed by atoms with Gasteiger partial charge in [0.2, 0.25) is 0 Å². The zero-order valence-corrected chi connectivity index (χ0v) is 21.1. The number of aromatic nitrogens is 2. The summed E-state index contributed by atoms with van der Waals surface area (Å²) in [7, 11) is 0. The second-order valence-corrected chi connectivity index (χ2v) is 9.21. The van der Waals surface area contributed by atoms with Crippen molar-refractivity contribution in [3.05, 3.63) is 72.1 Å². The van der Waals surface area contributed by atoms with Gasteiger partial charge in [-0.15, -0.1) is 0 Å². The molecule has 182 valence electrons. The zero-order chi connectivity index (χ0) is 24.0. The molecule has 0 N–H and O–H groups in total. The number of ether oxygens (including phenoxy) is 2. The summed E-state index contributed by atoms with van der Waals surface area (Å²) in [5.41, 5.74) is 3.33. The molecule has 0 spiro atoms. The Labute approximate surface area is 205 Å². The van der Waals surface area contributed by atoms with E-state index in [1.54, 1.807) is 0 Å². The van der Waals surface area contributed by atoms with Crippen LogP contribution >= 0.6 is 0 Å². The van der Waals surface area contributed by atoms with Crippen molar-refractivity contribution >= 4 is 0 Å². The summed E-state index contributed by atoms with van der Waals surface area (Å²) in [6, 6.07) is 16.1. The fourth-order valence-electron chi connectivity index (χ4n) is 3.65. The number of aryl methyl sites for hydroxylation is 1. The quantitative estimate of drug-likeness (QED) is 0.215. The summed E-state index contributed by atoms with van der Waals surface area (Å²) in [5, 5.41) is 0. The van der Waals surface area contributed by atoms with Crippen LogP contribution in [0.2, 0.25) is 0 Å². The Bertz CT molecular complexity index is 937. The third-order valence-corrected chi connectivity index (χ3v) is 6.20. The van der Waals surface area contributed by atoms with E-state index in [4.69, 9.17) is 9.47 Å². The van der Waals surface area contributed by atoms with E-state index in [1.807, 2.05) is 48.8 Å². The molecule has 3 rings (SSSR count). The summed E-state index contributed by atoms with van der Waals surface area (Å²) < 4.78 is 11.8. The molecule has 0 saturated heterocycles. The van der Waals surface area contributed by atoms with Crippen LogP contribution < -0.4 is 9.47 Å². The van der Waals surface area contributed by atoms with Gasteiger partial charge in [-0.25, -0.2) is 9.97 Å². The largest absolute Gasteiger partial charge is 0.493 e. The maximum atomic E-state index is 5.96. The second-order valence-electron chi connectivity index (χ2n) is 9.21. The number of unbranched alkanes of at least 4 members (excludes halogenated alkanes) is 5. The lowest BCUT2D eigenvalue weighted by molar-refractivity contribution is 0.256. The average Bonchev–Trinajstić information content (AvgIpc) is 2.89. The fourth-order valence-corrected chi connectivity index (χ4v) is 3.65. The van der Waals surface area contributed by atoms with Crippen molar-refractivity contribution in [2.24, 2.45) is 5.92 Å². The first-order valence-electron chi connectivity index (χ1n) is 12.9. The molecule has 0 fully saturated rings. The Morgan fingerprint density at radius 2 is 1.32 bits per heavy atom. The van der Waals surface area contributed by atoms with Gasteiger partial charge >= 0.3 is 0 Å². The fraction of sp³-hybridized carbons (Fsp3) is 0.467. The molecule has 0 radical (unpaired) electrons. The van der Waals surface area contributed by atoms with Crippen molar-refractivity contribution < 1.29 is 9.47 Å². The third kappa shape index (κ3) is 8.81. The molecule has 0 bridgehead atoms. The van der Waals surface area contributed by atoms with E-state index in [1.165, 1.54) is 44.1 Å². The Morgan fingerprint density at radius 3 is 2.00 bits per heavy atom. The summed E-state index contributed by atoms with van der Waals surface area (Å²) >= 11 is 0. The number of hydrogen-bond acceptors (Lipinski definition) is 4. The molecule has 0 aliphatic heterocycles. The molecule has 2 aromatic carbocycles. The third-order valence-electron chi connectivity index (χ3n) is 6.20. The van der Waals surface area contributed by atoms with Gasteiger partial charge in [-0.3, -0.25) is 0 Å². The molecule has 3 aromatic rings. The Balaban J connectivity index is 1.43. The molecule has 34 heavy (non-hydrogen) atoms. The van der Waals surface area contributed by atoms with Crippen LogP contribution in [0.3, 0.4) is 0 Å². The molecule has 4 nitrogen and oxygen atoms in total. The summed E-state index contributed by atoms with van der Waals surface area (Å²) in [4.78, 5) is 9.15. The maximum Gasteiger partial charge on any atom is 0.159 e. The highest BCUT2D eigenvalue weighted by atomic mass is 16.5. The molecule has 1 unspecified atom stereocenters. The molecule has 0 aliphatic carbocycles. The predicted octanol–water partition coefficient (Wildman–Crippen LogP) is 8.05. The Kier molecular flexibility index (Phi) is 10.9. The van der Waals surface area contributed by atoms with Gasteiger partial charge in [0.25, 0.3) is 0 Å². The monoisotopic (exact) mass is 460 g/mol. The van der Waals surface area contributed by atoms with Gasteiger partial charge in [-0.1, -0.05) is 71.4 Å². The van der Waals surface area contributed by atoms with Crippen molar-refractivity contribution in [1.82, 2.24) is 9.97 Å². The molecule has 1 atom stereocenters. The standard InChI is InChI=1S/C30H40N2O2/c1-4-6-7-8-9-10-11-26-20-31-30(32-21-26)27-14-18-29(19-15-27)34-23-25-12-16-28(17-13-25)33-22-24(3)5-2/h12-21,24H,4-11,22-23H2,1-3H3. The number of nitrogens with zero attached hydrogens (tertiary/aromatic N) is 2. The number of rotatable bonds is 15. The number of benzene rings is 2. The Morgan fingerprint density at radius 1 is 0.706 bits per heavy atom. The zero-order valence-electron chi connectivity index (χ0n) is 21.1. The first kappa shape index (κ1) is 25.7. The van der Waals surface area contributed by atoms with E-state index in [2.05, 4.69) is 42.9 Å². The minimum Gasteiger partial charge on any atom is -0.493 e. The van der Waals surface area contributed by atoms with Crippen LogP contribution in [0.25, 0.3) is 11.4 Å². The van der Waals surface area contributed by atoms with Crippen molar-refractivity contribution in [2.45, 2.75) is 78.7 Å². The van der Waals surface area contributed by atoms with Crippen molar-refractivity contribution in [3.8, 4) is 22.9 Å². The topological polar surface area (TPSA) is 44.2 Å². The van der Waals surface area contributed by atoms with E-state index >= 15 is 0 Å². The van der Waals surface area contributed by atoms with Gasteiger partial charge in [0.1, 0.15) is 18.1 Å². The lowest BCUT2D eigenvalue weighted by Gasteiger charge is -2.12. The first-order chi connectivity index (χ1) is 16.7. The summed E-state index contributed by atoms with van der Waals surface area (Å²) in [5.74, 6) is 3.07. The molecular formula is C30H40N2O2. The molecule has 0 amide bonds. The van der Waals surface area contributed by atoms with Gasteiger partial charge in [-0.05, 0) is 66.3 Å². The highest BCUT2D eigenvalue weighted by molar-refractivity contribution is 5.55. The predicted molar refractivity (Wildman–Crippen MR) is 140 cm³/mol. The molecule has 4 heteroatoms. The van der Waals surface area contributed by atoms with Crippen LogP contribution in [0, 0.1) is 5.92 Å². The van der Waals surface area contributed by atoms with Crippen LogP contribution in [-0.4, -0.2) is 16.6 Å². The molecular weight excluding hydrogens is 420 g/mol. The van der Waals surface area contributed by atoms with Crippen molar-refractivity contribution in [3.63, 3.8) is 0 Å².